The molecule has 0 saturated carbocycles. The Kier molecular flexibility index (Phi) is 4.13. The lowest BCUT2D eigenvalue weighted by atomic mass is 10.2. The van der Waals surface area contributed by atoms with Crippen molar-refractivity contribution < 1.29 is 9.47 Å². The van der Waals surface area contributed by atoms with Crippen LogP contribution in [0, 0.1) is 0 Å². The summed E-state index contributed by atoms with van der Waals surface area (Å²) >= 11 is 0. The number of fused-ring (bicyclic) bond motifs is 1. The van der Waals surface area contributed by atoms with Crippen LogP contribution in [0.1, 0.15) is 25.7 Å². The van der Waals surface area contributed by atoms with Crippen LogP contribution in [0.25, 0.3) is 11.0 Å². The summed E-state index contributed by atoms with van der Waals surface area (Å²) in [6, 6.07) is 0. The van der Waals surface area contributed by atoms with E-state index in [-0.39, 0.29) is 12.2 Å². The van der Waals surface area contributed by atoms with Crippen molar-refractivity contribution in [1.82, 2.24) is 19.7 Å². The Bertz CT molecular complexity index is 644. The van der Waals surface area contributed by atoms with Crippen LogP contribution in [0.5, 0.6) is 0 Å². The average molecular weight is 317 g/mol. The summed E-state index contributed by atoms with van der Waals surface area (Å²) in [5.74, 6) is 0.939. The van der Waals surface area contributed by atoms with Gasteiger partial charge in [0.25, 0.3) is 0 Å². The Morgan fingerprint density at radius 3 is 2.43 bits per heavy atom. The molecule has 0 radical (unpaired) electrons. The molecule has 2 saturated heterocycles. The number of hydrogen-bond donors (Lipinski definition) is 0. The molecule has 2 aromatic heterocycles. The molecule has 2 atom stereocenters. The number of nitrogens with zero attached hydrogens (tertiary/aromatic N) is 5. The zero-order valence-corrected chi connectivity index (χ0v) is 13.5. The number of rotatable bonds is 5. The minimum Gasteiger partial charge on any atom is -0.376 e. The maximum Gasteiger partial charge on any atom is 0.163 e. The van der Waals surface area contributed by atoms with Crippen LogP contribution in [0.2, 0.25) is 0 Å². The van der Waals surface area contributed by atoms with Gasteiger partial charge in [0.15, 0.2) is 5.65 Å². The van der Waals surface area contributed by atoms with Crippen LogP contribution in [0.3, 0.4) is 0 Å². The van der Waals surface area contributed by atoms with E-state index in [1.807, 2.05) is 13.2 Å². The number of aromatic nitrogens is 4. The molecule has 0 N–H and O–H groups in total. The first kappa shape index (κ1) is 14.8. The van der Waals surface area contributed by atoms with E-state index >= 15 is 0 Å². The highest BCUT2D eigenvalue weighted by atomic mass is 16.5. The molecule has 0 amide bonds. The highest BCUT2D eigenvalue weighted by molar-refractivity contribution is 5.86. The van der Waals surface area contributed by atoms with E-state index in [0.717, 1.165) is 68.8 Å². The van der Waals surface area contributed by atoms with E-state index in [1.54, 1.807) is 11.0 Å². The van der Waals surface area contributed by atoms with Crippen molar-refractivity contribution >= 4 is 16.9 Å². The molecule has 23 heavy (non-hydrogen) atoms. The quantitative estimate of drug-likeness (QED) is 0.833. The number of anilines is 1. The van der Waals surface area contributed by atoms with E-state index in [9.17, 15) is 0 Å². The Labute approximate surface area is 135 Å². The Balaban J connectivity index is 1.63. The lowest BCUT2D eigenvalue weighted by Crippen LogP contribution is -2.38. The fourth-order valence-electron chi connectivity index (χ4n) is 3.52. The van der Waals surface area contributed by atoms with Crippen LogP contribution >= 0.6 is 0 Å². The molecule has 2 aliphatic heterocycles. The van der Waals surface area contributed by atoms with Gasteiger partial charge in [0.05, 0.1) is 23.8 Å². The van der Waals surface area contributed by atoms with Crippen molar-refractivity contribution in [3.8, 4) is 0 Å². The largest absolute Gasteiger partial charge is 0.376 e. The van der Waals surface area contributed by atoms with Crippen LogP contribution in [-0.4, -0.2) is 58.3 Å². The van der Waals surface area contributed by atoms with Gasteiger partial charge in [-0.1, -0.05) is 0 Å². The molecule has 4 heterocycles. The first-order valence-corrected chi connectivity index (χ1v) is 8.42. The van der Waals surface area contributed by atoms with Gasteiger partial charge in [-0.3, -0.25) is 4.68 Å². The van der Waals surface area contributed by atoms with E-state index in [1.165, 1.54) is 0 Å². The zero-order valence-electron chi connectivity index (χ0n) is 13.5. The highest BCUT2D eigenvalue weighted by Crippen LogP contribution is 2.26. The smallest absolute Gasteiger partial charge is 0.163 e. The fraction of sp³-hybridized carbons (Fsp3) is 0.688. The van der Waals surface area contributed by atoms with Crippen molar-refractivity contribution in [2.24, 2.45) is 7.05 Å². The summed E-state index contributed by atoms with van der Waals surface area (Å²) in [6.45, 7) is 3.43. The summed E-state index contributed by atoms with van der Waals surface area (Å²) in [4.78, 5) is 11.2. The normalized spacial score (nSPS) is 24.6. The highest BCUT2D eigenvalue weighted by Gasteiger charge is 2.26. The van der Waals surface area contributed by atoms with Gasteiger partial charge in [-0.15, -0.1) is 0 Å². The van der Waals surface area contributed by atoms with Crippen molar-refractivity contribution in [2.75, 3.05) is 31.2 Å². The number of hydrogen-bond acceptors (Lipinski definition) is 6. The zero-order chi connectivity index (χ0) is 15.6. The van der Waals surface area contributed by atoms with Crippen LogP contribution in [0.4, 0.5) is 5.82 Å². The maximum atomic E-state index is 5.84. The fourth-order valence-corrected chi connectivity index (χ4v) is 3.52. The van der Waals surface area contributed by atoms with Crippen LogP contribution < -0.4 is 4.90 Å². The monoisotopic (exact) mass is 317 g/mol. The summed E-state index contributed by atoms with van der Waals surface area (Å²) < 4.78 is 13.5. The molecule has 2 aromatic rings. The molecule has 4 rings (SSSR count). The molecular formula is C16H23N5O2. The molecule has 7 heteroatoms. The SMILES string of the molecule is Cn1ncc2c(N(CC3CCCO3)CC3CCCO3)ncnc21. The van der Waals surface area contributed by atoms with Crippen molar-refractivity contribution in [1.29, 1.82) is 0 Å². The predicted molar refractivity (Wildman–Crippen MR) is 86.5 cm³/mol. The average Bonchev–Trinajstić information content (AvgIpc) is 3.30. The van der Waals surface area contributed by atoms with E-state index in [2.05, 4.69) is 20.0 Å². The molecule has 2 fully saturated rings. The van der Waals surface area contributed by atoms with E-state index in [4.69, 9.17) is 9.47 Å². The lowest BCUT2D eigenvalue weighted by Gasteiger charge is -2.29. The molecule has 0 aliphatic carbocycles. The Morgan fingerprint density at radius 2 is 1.83 bits per heavy atom. The third kappa shape index (κ3) is 3.03. The molecule has 2 aliphatic rings. The molecule has 124 valence electrons. The second-order valence-electron chi connectivity index (χ2n) is 6.38. The van der Waals surface area contributed by atoms with Gasteiger partial charge in [0.1, 0.15) is 12.1 Å². The molecule has 2 unspecified atom stereocenters. The number of aryl methyl sites for hydroxylation is 1. The molecule has 0 aromatic carbocycles. The van der Waals surface area contributed by atoms with Crippen molar-refractivity contribution in [3.63, 3.8) is 0 Å². The summed E-state index contributed by atoms with van der Waals surface area (Å²) in [6.07, 6.45) is 8.54. The lowest BCUT2D eigenvalue weighted by molar-refractivity contribution is 0.0997. The van der Waals surface area contributed by atoms with Gasteiger partial charge >= 0.3 is 0 Å². The van der Waals surface area contributed by atoms with Gasteiger partial charge in [-0.2, -0.15) is 5.10 Å². The van der Waals surface area contributed by atoms with E-state index in [0.29, 0.717) is 0 Å². The Morgan fingerprint density at radius 1 is 1.13 bits per heavy atom. The molecule has 0 spiro atoms. The topological polar surface area (TPSA) is 65.3 Å². The van der Waals surface area contributed by atoms with Crippen molar-refractivity contribution in [3.05, 3.63) is 12.5 Å². The van der Waals surface area contributed by atoms with Gasteiger partial charge in [-0.05, 0) is 25.7 Å². The number of ether oxygens (including phenoxy) is 2. The van der Waals surface area contributed by atoms with E-state index < -0.39 is 0 Å². The van der Waals surface area contributed by atoms with Gasteiger partial charge in [-0.25, -0.2) is 9.97 Å². The molecule has 0 bridgehead atoms. The maximum absolute atomic E-state index is 5.84. The van der Waals surface area contributed by atoms with Gasteiger partial charge in [0, 0.05) is 33.4 Å². The molecular weight excluding hydrogens is 294 g/mol. The summed E-state index contributed by atoms with van der Waals surface area (Å²) in [5.41, 5.74) is 0.861. The van der Waals surface area contributed by atoms with Gasteiger partial charge < -0.3 is 14.4 Å². The second kappa shape index (κ2) is 6.41. The van der Waals surface area contributed by atoms with Crippen molar-refractivity contribution in [2.45, 2.75) is 37.9 Å². The minimum absolute atomic E-state index is 0.276. The third-order valence-corrected chi connectivity index (χ3v) is 4.70. The third-order valence-electron chi connectivity index (χ3n) is 4.70. The second-order valence-corrected chi connectivity index (χ2v) is 6.38. The molecule has 7 nitrogen and oxygen atoms in total. The predicted octanol–water partition coefficient (Wildman–Crippen LogP) is 1.53. The first-order chi connectivity index (χ1) is 11.3. The van der Waals surface area contributed by atoms with Gasteiger partial charge in [0.2, 0.25) is 0 Å². The minimum atomic E-state index is 0.276. The standard InChI is InChI=1S/C16H23N5O2/c1-20-15-14(8-19-20)16(18-11-17-15)21(9-12-4-2-6-22-12)10-13-5-3-7-23-13/h8,11-13H,2-7,9-10H2,1H3. The summed E-state index contributed by atoms with van der Waals surface area (Å²) in [5, 5.41) is 5.32. The van der Waals surface area contributed by atoms with Crippen LogP contribution in [-0.2, 0) is 16.5 Å². The van der Waals surface area contributed by atoms with Crippen LogP contribution in [0.15, 0.2) is 12.5 Å². The first-order valence-electron chi connectivity index (χ1n) is 8.42. The Hall–Kier alpha value is -1.73. The summed E-state index contributed by atoms with van der Waals surface area (Å²) in [7, 11) is 1.91.